The molecule has 0 fully saturated rings. The van der Waals surface area contributed by atoms with Gasteiger partial charge in [0.05, 0.1) is 10.9 Å². The van der Waals surface area contributed by atoms with Crippen molar-refractivity contribution in [2.45, 2.75) is 16.4 Å². The number of hydrogen-bond acceptors (Lipinski definition) is 4. The van der Waals surface area contributed by atoms with E-state index in [9.17, 15) is 13.2 Å². The van der Waals surface area contributed by atoms with Crippen molar-refractivity contribution in [3.05, 3.63) is 130 Å². The van der Waals surface area contributed by atoms with Gasteiger partial charge in [-0.05, 0) is 46.5 Å². The summed E-state index contributed by atoms with van der Waals surface area (Å²) in [6, 6.07) is 30.7. The molecule has 0 bridgehead atoms. The second-order valence-corrected chi connectivity index (χ2v) is 11.1. The molecule has 5 nitrogen and oxygen atoms in total. The van der Waals surface area contributed by atoms with Crippen molar-refractivity contribution in [3.63, 3.8) is 0 Å². The second kappa shape index (κ2) is 7.42. The van der Waals surface area contributed by atoms with Crippen LogP contribution < -0.4 is 9.64 Å². The van der Waals surface area contributed by atoms with Crippen LogP contribution in [0.15, 0.2) is 107 Å². The molecule has 1 spiro atoms. The van der Waals surface area contributed by atoms with Crippen LogP contribution in [-0.4, -0.2) is 20.9 Å². The number of nitrogens with zero attached hydrogens (tertiary/aromatic N) is 1. The van der Waals surface area contributed by atoms with Crippen LogP contribution in [0.25, 0.3) is 6.08 Å². The summed E-state index contributed by atoms with van der Waals surface area (Å²) < 4.78 is 31.5. The topological polar surface area (TPSA) is 63.7 Å². The molecule has 4 aromatic rings. The molecule has 7 rings (SSSR count). The van der Waals surface area contributed by atoms with Crippen LogP contribution in [0.1, 0.15) is 33.9 Å². The van der Waals surface area contributed by atoms with Crippen LogP contribution in [0.5, 0.6) is 5.75 Å². The lowest BCUT2D eigenvalue weighted by molar-refractivity contribution is -0.122. The fraction of sp³-hybridized carbons (Fsp3) is 0.100. The molecule has 36 heavy (non-hydrogen) atoms. The van der Waals surface area contributed by atoms with Gasteiger partial charge in [-0.2, -0.15) is 0 Å². The first-order chi connectivity index (χ1) is 17.5. The largest absolute Gasteiger partial charge is 0.491 e. The van der Waals surface area contributed by atoms with Gasteiger partial charge in [0.1, 0.15) is 17.8 Å². The number of ether oxygens (including phenoxy) is 1. The fourth-order valence-electron chi connectivity index (χ4n) is 5.80. The van der Waals surface area contributed by atoms with E-state index in [0.29, 0.717) is 16.9 Å². The first-order valence-electron chi connectivity index (χ1n) is 11.8. The van der Waals surface area contributed by atoms with E-state index in [-0.39, 0.29) is 23.5 Å². The highest BCUT2D eigenvalue weighted by atomic mass is 32.2. The summed E-state index contributed by atoms with van der Waals surface area (Å²) in [5, 5.41) is 1.21. The molecule has 0 aliphatic carbocycles. The highest BCUT2D eigenvalue weighted by Crippen LogP contribution is 2.55. The van der Waals surface area contributed by atoms with Crippen molar-refractivity contribution in [1.82, 2.24) is 0 Å². The monoisotopic (exact) mass is 491 g/mol. The van der Waals surface area contributed by atoms with Gasteiger partial charge in [0.15, 0.2) is 9.84 Å². The van der Waals surface area contributed by atoms with E-state index in [2.05, 4.69) is 0 Å². The number of hydrogen-bond donors (Lipinski definition) is 0. The Kier molecular flexibility index (Phi) is 4.36. The number of carbonyl (C=O) groups excluding carboxylic acids is 1. The van der Waals surface area contributed by atoms with Crippen LogP contribution >= 0.6 is 0 Å². The fourth-order valence-corrected chi connectivity index (χ4v) is 7.01. The number of carbonyl (C=O) groups is 1. The molecule has 0 N–H and O–H groups in total. The molecule has 0 radical (unpaired) electrons. The van der Waals surface area contributed by atoms with Crippen molar-refractivity contribution in [1.29, 1.82) is 0 Å². The van der Waals surface area contributed by atoms with Gasteiger partial charge in [0.25, 0.3) is 0 Å². The minimum Gasteiger partial charge on any atom is -0.491 e. The highest BCUT2D eigenvalue weighted by molar-refractivity contribution is 7.94. The summed E-state index contributed by atoms with van der Waals surface area (Å²) in [5.74, 6) is 0.430. The second-order valence-electron chi connectivity index (χ2n) is 9.34. The van der Waals surface area contributed by atoms with Gasteiger partial charge in [-0.25, -0.2) is 8.42 Å². The van der Waals surface area contributed by atoms with Crippen molar-refractivity contribution >= 4 is 27.5 Å². The van der Waals surface area contributed by atoms with E-state index in [1.807, 2.05) is 89.8 Å². The van der Waals surface area contributed by atoms with Crippen molar-refractivity contribution in [3.8, 4) is 5.75 Å². The van der Waals surface area contributed by atoms with E-state index in [1.54, 1.807) is 18.2 Å². The minimum absolute atomic E-state index is 0.122. The van der Waals surface area contributed by atoms with Gasteiger partial charge in [-0.3, -0.25) is 9.69 Å². The molecule has 1 unspecified atom stereocenters. The van der Waals surface area contributed by atoms with E-state index in [0.717, 1.165) is 22.4 Å². The van der Waals surface area contributed by atoms with E-state index >= 15 is 0 Å². The normalized spacial score (nSPS) is 20.5. The lowest BCUT2D eigenvalue weighted by Gasteiger charge is -2.31. The molecule has 1 amide bonds. The van der Waals surface area contributed by atoms with Crippen LogP contribution in [0.2, 0.25) is 0 Å². The molecule has 1 atom stereocenters. The van der Waals surface area contributed by atoms with E-state index in [1.165, 1.54) is 5.41 Å². The van der Waals surface area contributed by atoms with Crippen molar-refractivity contribution < 1.29 is 17.9 Å². The quantitative estimate of drug-likeness (QED) is 0.392. The maximum Gasteiger partial charge on any atom is 0.246 e. The Morgan fingerprint density at radius 2 is 1.44 bits per heavy atom. The SMILES string of the molecule is O=C1N(C(c2ccccc2)c2ccccc2)c2ccccc2C12COc1cc3c(cc12)S(=O)(=O)C=C3. The average Bonchev–Trinajstić information content (AvgIpc) is 3.51. The summed E-state index contributed by atoms with van der Waals surface area (Å²) >= 11 is 0. The standard InChI is InChI=1S/C30H21NO4S/c32-29-30(19-35-26-17-22-15-16-36(33,34)27(22)18-24(26)30)23-13-7-8-14-25(23)31(29)28(20-9-3-1-4-10-20)21-11-5-2-6-12-21/h1-18,28H,19H2. The molecular weight excluding hydrogens is 470 g/mol. The zero-order valence-corrected chi connectivity index (χ0v) is 20.0. The number of amides is 1. The number of fused-ring (bicyclic) bond motifs is 5. The van der Waals surface area contributed by atoms with Gasteiger partial charge in [0.2, 0.25) is 5.91 Å². The number of rotatable bonds is 3. The third-order valence-corrected chi connectivity index (χ3v) is 8.91. The molecule has 6 heteroatoms. The van der Waals surface area contributed by atoms with Gasteiger partial charge in [-0.15, -0.1) is 0 Å². The summed E-state index contributed by atoms with van der Waals surface area (Å²) in [5.41, 5.74) is 3.68. The smallest absolute Gasteiger partial charge is 0.246 e. The predicted molar refractivity (Wildman–Crippen MR) is 138 cm³/mol. The van der Waals surface area contributed by atoms with Gasteiger partial charge in [0, 0.05) is 16.7 Å². The first kappa shape index (κ1) is 21.1. The molecule has 3 aliphatic heterocycles. The molecule has 0 saturated carbocycles. The minimum atomic E-state index is -3.55. The molecule has 4 aromatic carbocycles. The molecule has 3 heterocycles. The Morgan fingerprint density at radius 1 is 0.806 bits per heavy atom. The average molecular weight is 492 g/mol. The predicted octanol–water partition coefficient (Wildman–Crippen LogP) is 5.26. The number of sulfone groups is 1. The Labute approximate surface area is 209 Å². The van der Waals surface area contributed by atoms with Crippen LogP contribution in [0.4, 0.5) is 5.69 Å². The Bertz CT molecular complexity index is 1640. The van der Waals surface area contributed by atoms with Gasteiger partial charge >= 0.3 is 0 Å². The summed E-state index contributed by atoms with van der Waals surface area (Å²) in [6.45, 7) is 0.123. The molecule has 0 aromatic heterocycles. The van der Waals surface area contributed by atoms with Crippen molar-refractivity contribution in [2.24, 2.45) is 0 Å². The zero-order chi connectivity index (χ0) is 24.5. The third-order valence-electron chi connectivity index (χ3n) is 7.45. The van der Waals surface area contributed by atoms with Crippen LogP contribution in [0.3, 0.4) is 0 Å². The van der Waals surface area contributed by atoms with Crippen LogP contribution in [-0.2, 0) is 20.0 Å². The van der Waals surface area contributed by atoms with Gasteiger partial charge < -0.3 is 4.74 Å². The molecule has 3 aliphatic rings. The number of para-hydroxylation sites is 1. The molecule has 176 valence electrons. The molecular formula is C30H21NO4S. The lowest BCUT2D eigenvalue weighted by Crippen LogP contribution is -2.44. The maximum absolute atomic E-state index is 14.7. The maximum atomic E-state index is 14.7. The third kappa shape index (κ3) is 2.76. The summed E-state index contributed by atoms with van der Waals surface area (Å²) in [4.78, 5) is 16.8. The van der Waals surface area contributed by atoms with Gasteiger partial charge in [-0.1, -0.05) is 78.9 Å². The van der Waals surface area contributed by atoms with E-state index in [4.69, 9.17) is 4.74 Å². The van der Waals surface area contributed by atoms with E-state index < -0.39 is 15.3 Å². The Morgan fingerprint density at radius 3 is 2.14 bits per heavy atom. The summed E-state index contributed by atoms with van der Waals surface area (Å²) in [6.07, 6.45) is 1.58. The Balaban J connectivity index is 1.47. The highest BCUT2D eigenvalue weighted by Gasteiger charge is 2.58. The zero-order valence-electron chi connectivity index (χ0n) is 19.2. The molecule has 0 saturated heterocycles. The Hall–Kier alpha value is -4.16. The number of benzene rings is 4. The lowest BCUT2D eigenvalue weighted by atomic mass is 9.77. The summed E-state index contributed by atoms with van der Waals surface area (Å²) in [7, 11) is -3.55. The van der Waals surface area contributed by atoms with Crippen LogP contribution in [0, 0.1) is 0 Å². The van der Waals surface area contributed by atoms with Crippen molar-refractivity contribution in [2.75, 3.05) is 11.5 Å². The first-order valence-corrected chi connectivity index (χ1v) is 13.3. The number of anilines is 1.